The van der Waals surface area contributed by atoms with E-state index >= 15 is 0 Å². The minimum absolute atomic E-state index is 0. The Balaban J connectivity index is 0. The second-order valence-corrected chi connectivity index (χ2v) is 5.86. The molecular weight excluding hydrogens is 384 g/mol. The summed E-state index contributed by atoms with van der Waals surface area (Å²) in [4.78, 5) is 10.3. The Hall–Kier alpha value is -0.136. The van der Waals surface area contributed by atoms with E-state index in [2.05, 4.69) is 37.2 Å². The van der Waals surface area contributed by atoms with Crippen molar-refractivity contribution in [3.63, 3.8) is 0 Å². The summed E-state index contributed by atoms with van der Waals surface area (Å²) in [5, 5.41) is 31.3. The monoisotopic (exact) mass is 424 g/mol. The van der Waals surface area contributed by atoms with Crippen molar-refractivity contribution in [2.45, 2.75) is 0 Å². The van der Waals surface area contributed by atoms with Crippen LogP contribution < -0.4 is 43.0 Å². The van der Waals surface area contributed by atoms with Gasteiger partial charge in [0.2, 0.25) is 0 Å². The predicted molar refractivity (Wildman–Crippen MR) is 107 cm³/mol. The fourth-order valence-electron chi connectivity index (χ4n) is 2.11. The molecule has 0 spiro atoms. The van der Waals surface area contributed by atoms with Crippen LogP contribution >= 0.6 is 0 Å². The second-order valence-electron chi connectivity index (χ2n) is 5.86. The first-order valence-corrected chi connectivity index (χ1v) is 9.64. The second kappa shape index (κ2) is 25.9. The Kier molecular flexibility index (Phi) is 27.8. The van der Waals surface area contributed by atoms with Gasteiger partial charge in [0, 0.05) is 113 Å². The molecule has 0 aliphatic heterocycles. The van der Waals surface area contributed by atoms with Gasteiger partial charge in [-0.15, -0.1) is 0 Å². The standard InChI is InChI=1S/C16H40N8O2.Ti/c17-1-2-18-3-4-19-5-6-20-7-8-21-9-10-22-11-12-23-13-14-24-15-16(25)26;/h18-24H,1-15,17H2,(H,25,26);. The Morgan fingerprint density at radius 1 is 0.556 bits per heavy atom. The molecule has 160 valence electrons. The molecule has 0 rings (SSSR count). The van der Waals surface area contributed by atoms with Crippen LogP contribution in [0.3, 0.4) is 0 Å². The molecule has 0 aliphatic carbocycles. The maximum absolute atomic E-state index is 10.3. The molecular formula is C16H40N8O2Ti. The molecule has 27 heavy (non-hydrogen) atoms. The van der Waals surface area contributed by atoms with Gasteiger partial charge in [-0.25, -0.2) is 0 Å². The molecule has 0 atom stereocenters. The first-order valence-electron chi connectivity index (χ1n) is 9.64. The maximum Gasteiger partial charge on any atom is 0.317 e. The molecule has 0 aliphatic rings. The molecule has 0 unspecified atom stereocenters. The van der Waals surface area contributed by atoms with Gasteiger partial charge in [-0.05, 0) is 0 Å². The molecule has 0 aromatic rings. The summed E-state index contributed by atoms with van der Waals surface area (Å²) in [6, 6.07) is 0. The van der Waals surface area contributed by atoms with Gasteiger partial charge in [-0.1, -0.05) is 0 Å². The number of rotatable bonds is 22. The van der Waals surface area contributed by atoms with E-state index in [0.717, 1.165) is 78.5 Å². The van der Waals surface area contributed by atoms with E-state index in [4.69, 9.17) is 10.8 Å². The van der Waals surface area contributed by atoms with E-state index in [-0.39, 0.29) is 28.3 Å². The van der Waals surface area contributed by atoms with Gasteiger partial charge >= 0.3 is 5.97 Å². The third-order valence-corrected chi connectivity index (χ3v) is 3.47. The molecule has 0 aromatic carbocycles. The van der Waals surface area contributed by atoms with E-state index in [1.54, 1.807) is 0 Å². The van der Waals surface area contributed by atoms with Crippen LogP contribution in [-0.2, 0) is 26.5 Å². The van der Waals surface area contributed by atoms with Gasteiger partial charge in [0.1, 0.15) is 0 Å². The van der Waals surface area contributed by atoms with Gasteiger partial charge in [0.05, 0.1) is 6.54 Å². The summed E-state index contributed by atoms with van der Waals surface area (Å²) in [5.74, 6) is -0.822. The van der Waals surface area contributed by atoms with E-state index in [9.17, 15) is 4.79 Å². The van der Waals surface area contributed by atoms with Crippen molar-refractivity contribution in [1.82, 2.24) is 37.2 Å². The van der Waals surface area contributed by atoms with Crippen LogP contribution in [0.15, 0.2) is 0 Å². The molecule has 11 heteroatoms. The Morgan fingerprint density at radius 3 is 1.07 bits per heavy atom. The number of hydrogen-bond donors (Lipinski definition) is 9. The molecule has 0 bridgehead atoms. The van der Waals surface area contributed by atoms with E-state index in [1.165, 1.54) is 0 Å². The third kappa shape index (κ3) is 28.2. The number of nitrogens with two attached hydrogens (primary N) is 1. The van der Waals surface area contributed by atoms with E-state index in [1.807, 2.05) is 0 Å². The van der Waals surface area contributed by atoms with Crippen LogP contribution in [0.2, 0.25) is 0 Å². The summed E-state index contributed by atoms with van der Waals surface area (Å²) in [6.45, 7) is 12.5. The summed E-state index contributed by atoms with van der Waals surface area (Å²) in [7, 11) is 0. The van der Waals surface area contributed by atoms with Crippen LogP contribution in [0.1, 0.15) is 0 Å². The summed E-state index contributed by atoms with van der Waals surface area (Å²) >= 11 is 0. The molecule has 10 nitrogen and oxygen atoms in total. The molecule has 0 heterocycles. The van der Waals surface area contributed by atoms with Crippen LogP contribution in [0, 0.1) is 0 Å². The number of carboxylic acid groups (broad SMARTS) is 1. The van der Waals surface area contributed by atoms with Gasteiger partial charge < -0.3 is 48.1 Å². The number of carbonyl (C=O) groups is 1. The predicted octanol–water partition coefficient (Wildman–Crippen LogP) is -3.85. The van der Waals surface area contributed by atoms with Crippen LogP contribution in [-0.4, -0.2) is 109 Å². The average Bonchev–Trinajstić information content (AvgIpc) is 2.62. The van der Waals surface area contributed by atoms with Crippen molar-refractivity contribution >= 4 is 5.97 Å². The van der Waals surface area contributed by atoms with Gasteiger partial charge in [-0.2, -0.15) is 0 Å². The summed E-state index contributed by atoms with van der Waals surface area (Å²) in [5.41, 5.74) is 5.39. The Labute approximate surface area is 178 Å². The van der Waals surface area contributed by atoms with Crippen molar-refractivity contribution in [2.75, 3.05) is 98.2 Å². The summed E-state index contributed by atoms with van der Waals surface area (Å²) < 4.78 is 0. The fraction of sp³-hybridized carbons (Fsp3) is 0.938. The van der Waals surface area contributed by atoms with E-state index in [0.29, 0.717) is 13.1 Å². The number of nitrogens with one attached hydrogen (secondary N) is 7. The number of carboxylic acids is 1. The maximum atomic E-state index is 10.3. The van der Waals surface area contributed by atoms with Crippen molar-refractivity contribution in [3.8, 4) is 0 Å². The quantitative estimate of drug-likeness (QED) is 0.0625. The molecule has 0 radical (unpaired) electrons. The zero-order valence-corrected chi connectivity index (χ0v) is 18.1. The SMILES string of the molecule is NCCNCCNCCNCCNCCNCCNCCNCC(=O)O.[Ti]. The normalized spacial score (nSPS) is 10.7. The molecule has 0 fully saturated rings. The van der Waals surface area contributed by atoms with Crippen molar-refractivity contribution in [2.24, 2.45) is 5.73 Å². The topological polar surface area (TPSA) is 148 Å². The molecule has 10 N–H and O–H groups in total. The van der Waals surface area contributed by atoms with Gasteiger partial charge in [-0.3, -0.25) is 4.79 Å². The van der Waals surface area contributed by atoms with Gasteiger partial charge in [0.25, 0.3) is 0 Å². The smallest absolute Gasteiger partial charge is 0.317 e. The zero-order valence-electron chi connectivity index (χ0n) is 16.5. The number of hydrogen-bond acceptors (Lipinski definition) is 9. The minimum atomic E-state index is -0.822. The Morgan fingerprint density at radius 2 is 0.815 bits per heavy atom. The third-order valence-electron chi connectivity index (χ3n) is 3.47. The Bertz CT molecular complexity index is 304. The molecule has 0 saturated carbocycles. The van der Waals surface area contributed by atoms with Gasteiger partial charge in [0.15, 0.2) is 0 Å². The molecule has 0 aromatic heterocycles. The fourth-order valence-corrected chi connectivity index (χ4v) is 2.11. The number of aliphatic carboxylic acids is 1. The summed E-state index contributed by atoms with van der Waals surface area (Å²) in [6.07, 6.45) is 0. The van der Waals surface area contributed by atoms with Crippen molar-refractivity contribution in [3.05, 3.63) is 0 Å². The van der Waals surface area contributed by atoms with Crippen molar-refractivity contribution in [1.29, 1.82) is 0 Å². The zero-order chi connectivity index (χ0) is 19.1. The average molecular weight is 424 g/mol. The van der Waals surface area contributed by atoms with Crippen LogP contribution in [0.25, 0.3) is 0 Å². The first kappa shape index (κ1) is 29.1. The first-order chi connectivity index (χ1) is 12.8. The van der Waals surface area contributed by atoms with Crippen molar-refractivity contribution < 1.29 is 31.6 Å². The molecule has 0 saturated heterocycles. The van der Waals surface area contributed by atoms with Crippen LogP contribution in [0.5, 0.6) is 0 Å². The van der Waals surface area contributed by atoms with Crippen LogP contribution in [0.4, 0.5) is 0 Å². The largest absolute Gasteiger partial charge is 0.480 e. The molecule has 0 amide bonds. The van der Waals surface area contributed by atoms with E-state index < -0.39 is 5.97 Å². The minimum Gasteiger partial charge on any atom is -0.480 e.